The Balaban J connectivity index is 0.000000963. The van der Waals surface area contributed by atoms with E-state index in [1.54, 1.807) is 0 Å². The molecule has 86 valence electrons. The molecule has 4 heteroatoms. The Kier molecular flexibility index (Phi) is 2.91. The predicted molar refractivity (Wildman–Crippen MR) is 67.9 cm³/mol. The summed E-state index contributed by atoms with van der Waals surface area (Å²) in [5.41, 5.74) is 8.26. The van der Waals surface area contributed by atoms with E-state index in [0.29, 0.717) is 6.04 Å². The van der Waals surface area contributed by atoms with Crippen molar-refractivity contribution in [1.82, 2.24) is 9.55 Å². The summed E-state index contributed by atoms with van der Waals surface area (Å²) >= 11 is 0. The van der Waals surface area contributed by atoms with Gasteiger partial charge in [0.15, 0.2) is 0 Å². The summed E-state index contributed by atoms with van der Waals surface area (Å²) in [5, 5.41) is 0. The van der Waals surface area contributed by atoms with Crippen LogP contribution in [0.1, 0.15) is 37.7 Å². The third-order valence-corrected chi connectivity index (χ3v) is 2.94. The van der Waals surface area contributed by atoms with E-state index >= 15 is 0 Å². The lowest BCUT2D eigenvalue weighted by Gasteiger charge is -2.09. The topological polar surface area (TPSA) is 43.8 Å². The molecule has 0 spiro atoms. The molecule has 0 amide bonds. The van der Waals surface area contributed by atoms with Crippen molar-refractivity contribution >= 4 is 23.4 Å². The van der Waals surface area contributed by atoms with Crippen molar-refractivity contribution in [3.63, 3.8) is 0 Å². The Bertz CT molecular complexity index is 500. The maximum atomic E-state index is 5.96. The minimum absolute atomic E-state index is 0. The van der Waals surface area contributed by atoms with Crippen LogP contribution in [-0.2, 0) is 0 Å². The molecule has 0 saturated heterocycles. The number of fused-ring (bicyclic) bond motifs is 1. The van der Waals surface area contributed by atoms with Crippen LogP contribution in [0, 0.1) is 0 Å². The summed E-state index contributed by atoms with van der Waals surface area (Å²) in [6, 6.07) is 8.93. The van der Waals surface area contributed by atoms with Gasteiger partial charge in [0.2, 0.25) is 0 Å². The second-order valence-corrected chi connectivity index (χ2v) is 4.35. The fraction of sp³-hybridized carbons (Fsp3) is 0.417. The van der Waals surface area contributed by atoms with Crippen LogP contribution in [0.2, 0.25) is 0 Å². The molecule has 1 heterocycles. The fourth-order valence-corrected chi connectivity index (χ4v) is 2.10. The molecular weight excluding hydrogens is 222 g/mol. The van der Waals surface area contributed by atoms with E-state index in [0.717, 1.165) is 11.3 Å². The molecule has 3 nitrogen and oxygen atoms in total. The Hall–Kier alpha value is -1.06. The monoisotopic (exact) mass is 237 g/mol. The highest BCUT2D eigenvalue weighted by molar-refractivity contribution is 5.85. The van der Waals surface area contributed by atoms with Crippen LogP contribution in [0.5, 0.6) is 0 Å². The first-order valence-electron chi connectivity index (χ1n) is 5.50. The van der Waals surface area contributed by atoms with Gasteiger partial charge in [-0.2, -0.15) is 0 Å². The van der Waals surface area contributed by atoms with Gasteiger partial charge in [-0.3, -0.25) is 0 Å². The highest BCUT2D eigenvalue weighted by atomic mass is 35.5. The SMILES string of the molecule is CC(N)c1nc2ccccc2n1C1CC1.Cl. The molecular formula is C12H16ClN3. The first-order valence-corrected chi connectivity index (χ1v) is 5.50. The van der Waals surface area contributed by atoms with Gasteiger partial charge in [-0.15, -0.1) is 12.4 Å². The van der Waals surface area contributed by atoms with E-state index < -0.39 is 0 Å². The Labute approximate surface area is 101 Å². The van der Waals surface area contributed by atoms with E-state index in [-0.39, 0.29) is 18.4 Å². The van der Waals surface area contributed by atoms with Gasteiger partial charge in [0.1, 0.15) is 5.82 Å². The minimum atomic E-state index is 0. The molecule has 0 aliphatic heterocycles. The van der Waals surface area contributed by atoms with Crippen molar-refractivity contribution in [1.29, 1.82) is 0 Å². The van der Waals surface area contributed by atoms with Gasteiger partial charge in [0, 0.05) is 6.04 Å². The summed E-state index contributed by atoms with van der Waals surface area (Å²) in [4.78, 5) is 4.61. The summed E-state index contributed by atoms with van der Waals surface area (Å²) < 4.78 is 2.32. The number of aromatic nitrogens is 2. The normalized spacial score (nSPS) is 17.1. The van der Waals surface area contributed by atoms with Crippen molar-refractivity contribution in [2.45, 2.75) is 31.8 Å². The Morgan fingerprint density at radius 3 is 2.69 bits per heavy atom. The lowest BCUT2D eigenvalue weighted by atomic mass is 10.3. The van der Waals surface area contributed by atoms with E-state index in [1.165, 1.54) is 18.4 Å². The largest absolute Gasteiger partial charge is 0.324 e. The van der Waals surface area contributed by atoms with Crippen molar-refractivity contribution in [2.24, 2.45) is 5.73 Å². The zero-order valence-electron chi connectivity index (χ0n) is 9.26. The van der Waals surface area contributed by atoms with Crippen LogP contribution >= 0.6 is 12.4 Å². The molecule has 1 saturated carbocycles. The number of nitrogens with two attached hydrogens (primary N) is 1. The third-order valence-electron chi connectivity index (χ3n) is 2.94. The fourth-order valence-electron chi connectivity index (χ4n) is 2.10. The van der Waals surface area contributed by atoms with Gasteiger partial charge >= 0.3 is 0 Å². The molecule has 0 radical (unpaired) electrons. The van der Waals surface area contributed by atoms with Gasteiger partial charge in [-0.1, -0.05) is 12.1 Å². The molecule has 1 unspecified atom stereocenters. The van der Waals surface area contributed by atoms with Crippen LogP contribution < -0.4 is 5.73 Å². The highest BCUT2D eigenvalue weighted by Crippen LogP contribution is 2.39. The molecule has 2 N–H and O–H groups in total. The number of nitrogens with zero attached hydrogens (tertiary/aromatic N) is 2. The average molecular weight is 238 g/mol. The quantitative estimate of drug-likeness (QED) is 0.873. The number of benzene rings is 1. The number of rotatable bonds is 2. The first kappa shape index (κ1) is 11.4. The number of para-hydroxylation sites is 2. The first-order chi connectivity index (χ1) is 7.27. The summed E-state index contributed by atoms with van der Waals surface area (Å²) in [7, 11) is 0. The van der Waals surface area contributed by atoms with Crippen LogP contribution in [-0.4, -0.2) is 9.55 Å². The van der Waals surface area contributed by atoms with Gasteiger partial charge in [0.05, 0.1) is 17.1 Å². The van der Waals surface area contributed by atoms with Crippen LogP contribution in [0.25, 0.3) is 11.0 Å². The van der Waals surface area contributed by atoms with Gasteiger partial charge in [-0.25, -0.2) is 4.98 Å². The van der Waals surface area contributed by atoms with Gasteiger partial charge in [0.25, 0.3) is 0 Å². The van der Waals surface area contributed by atoms with Crippen molar-refractivity contribution in [2.75, 3.05) is 0 Å². The third kappa shape index (κ3) is 1.70. The molecule has 0 bridgehead atoms. The molecule has 1 fully saturated rings. The highest BCUT2D eigenvalue weighted by Gasteiger charge is 2.28. The lowest BCUT2D eigenvalue weighted by Crippen LogP contribution is -2.12. The maximum absolute atomic E-state index is 5.96. The predicted octanol–water partition coefficient (Wildman–Crippen LogP) is 2.81. The molecule has 1 aliphatic carbocycles. The average Bonchev–Trinajstić information content (AvgIpc) is 2.98. The van der Waals surface area contributed by atoms with E-state index in [2.05, 4.69) is 27.8 Å². The van der Waals surface area contributed by atoms with Crippen LogP contribution in [0.15, 0.2) is 24.3 Å². The van der Waals surface area contributed by atoms with Crippen molar-refractivity contribution < 1.29 is 0 Å². The molecule has 1 aliphatic rings. The van der Waals surface area contributed by atoms with Crippen LogP contribution in [0.4, 0.5) is 0 Å². The number of halogens is 1. The smallest absolute Gasteiger partial charge is 0.126 e. The van der Waals surface area contributed by atoms with E-state index in [4.69, 9.17) is 5.73 Å². The number of imidazole rings is 1. The standard InChI is InChI=1S/C12H15N3.ClH/c1-8(13)12-14-10-4-2-3-5-11(10)15(12)9-6-7-9;/h2-5,8-9H,6-7,13H2,1H3;1H. The number of hydrogen-bond donors (Lipinski definition) is 1. The summed E-state index contributed by atoms with van der Waals surface area (Å²) in [5.74, 6) is 1.03. The Morgan fingerprint density at radius 2 is 2.06 bits per heavy atom. The minimum Gasteiger partial charge on any atom is -0.324 e. The molecule has 16 heavy (non-hydrogen) atoms. The van der Waals surface area contributed by atoms with Crippen molar-refractivity contribution in [3.8, 4) is 0 Å². The molecule has 1 atom stereocenters. The second kappa shape index (κ2) is 4.07. The molecule has 3 rings (SSSR count). The molecule has 1 aromatic heterocycles. The second-order valence-electron chi connectivity index (χ2n) is 4.35. The Morgan fingerprint density at radius 1 is 1.38 bits per heavy atom. The number of hydrogen-bond acceptors (Lipinski definition) is 2. The van der Waals surface area contributed by atoms with Crippen molar-refractivity contribution in [3.05, 3.63) is 30.1 Å². The van der Waals surface area contributed by atoms with Gasteiger partial charge < -0.3 is 10.3 Å². The summed E-state index contributed by atoms with van der Waals surface area (Å²) in [6.07, 6.45) is 2.53. The molecule has 1 aromatic carbocycles. The zero-order chi connectivity index (χ0) is 10.4. The van der Waals surface area contributed by atoms with E-state index in [1.807, 2.05) is 13.0 Å². The zero-order valence-corrected chi connectivity index (χ0v) is 10.1. The van der Waals surface area contributed by atoms with Gasteiger partial charge in [-0.05, 0) is 31.9 Å². The van der Waals surface area contributed by atoms with E-state index in [9.17, 15) is 0 Å². The summed E-state index contributed by atoms with van der Waals surface area (Å²) in [6.45, 7) is 2.00. The lowest BCUT2D eigenvalue weighted by molar-refractivity contribution is 0.639. The molecule has 2 aromatic rings. The maximum Gasteiger partial charge on any atom is 0.126 e. The van der Waals surface area contributed by atoms with Crippen LogP contribution in [0.3, 0.4) is 0 Å².